The molecule has 13 nitrogen and oxygen atoms in total. The Morgan fingerprint density at radius 2 is 1.23 bits per heavy atom. The zero-order valence-electron chi connectivity index (χ0n) is 36.7. The second-order valence-electron chi connectivity index (χ2n) is 17.5. The summed E-state index contributed by atoms with van der Waals surface area (Å²) in [5.74, 6) is -1.47. The van der Waals surface area contributed by atoms with E-state index in [2.05, 4.69) is 10.2 Å². The third-order valence-corrected chi connectivity index (χ3v) is 13.2. The smallest absolute Gasteiger partial charge is 0.426 e. The van der Waals surface area contributed by atoms with E-state index >= 15 is 0 Å². The summed E-state index contributed by atoms with van der Waals surface area (Å²) < 4.78 is 88.3. The van der Waals surface area contributed by atoms with E-state index in [9.17, 15) is 50.9 Å². The molecule has 65 heavy (non-hydrogen) atoms. The number of aromatic nitrogens is 2. The van der Waals surface area contributed by atoms with Crippen molar-refractivity contribution >= 4 is 48.3 Å². The van der Waals surface area contributed by atoms with Crippen molar-refractivity contribution in [2.75, 3.05) is 39.8 Å². The van der Waals surface area contributed by atoms with Gasteiger partial charge in [0.2, 0.25) is 28.9 Å². The van der Waals surface area contributed by atoms with Gasteiger partial charge in [-0.05, 0) is 100 Å². The Balaban J connectivity index is 0.000000284. The number of nitrogens with two attached hydrogens (primary N) is 1. The van der Waals surface area contributed by atoms with Crippen LogP contribution in [-0.4, -0.2) is 117 Å². The average Bonchev–Trinajstić information content (AvgIpc) is 4.19. The molecule has 21 heteroatoms. The Bertz CT molecular complexity index is 2080. The van der Waals surface area contributed by atoms with E-state index in [0.717, 1.165) is 46.6 Å². The molecule has 2 amide bonds. The van der Waals surface area contributed by atoms with Crippen LogP contribution in [0.1, 0.15) is 77.7 Å². The predicted molar refractivity (Wildman–Crippen MR) is 232 cm³/mol. The molecule has 4 unspecified atom stereocenters. The first-order valence-corrected chi connectivity index (χ1v) is 20.9. The van der Waals surface area contributed by atoms with Gasteiger partial charge in [0.15, 0.2) is 5.78 Å². The van der Waals surface area contributed by atoms with E-state index in [4.69, 9.17) is 20.3 Å². The predicted octanol–water partition coefficient (Wildman–Crippen LogP) is 7.16. The molecule has 2 saturated carbocycles. The Hall–Kier alpha value is -4.30. The number of nitrogens with one attached hydrogen (secondary N) is 1. The Labute approximate surface area is 386 Å². The highest BCUT2D eigenvalue weighted by molar-refractivity contribution is 5.91. The van der Waals surface area contributed by atoms with E-state index in [1.54, 1.807) is 0 Å². The summed E-state index contributed by atoms with van der Waals surface area (Å²) in [5, 5.41) is 35.0. The molecular weight excluding hydrogens is 909 g/mol. The minimum atomic E-state index is -5.02. The normalized spacial score (nSPS) is 23.7. The summed E-state index contributed by atoms with van der Waals surface area (Å²) in [5.41, 5.74) is -0.408. The zero-order chi connectivity index (χ0) is 46.8. The molecule has 2 aromatic carbocycles. The van der Waals surface area contributed by atoms with Crippen LogP contribution < -0.4 is 5.73 Å². The third kappa shape index (κ3) is 11.6. The SMILES string of the molecule is CC1CN(C(=O)[C@@](C)(O)C(F)(F)F)CCC1C1(C(=O)CN)CC1.CC1CN(C(=O)[C@@](C)(O)C(F)(F)F)CCC1C1(c2nnc(-c3ccccc3)o2)CC1.COC(=N)c1ccccc1.Cl.Cl. The number of amides is 2. The van der Waals surface area contributed by atoms with Gasteiger partial charge in [0.1, 0.15) is 0 Å². The number of methoxy groups -OCH3 is 1. The number of halogens is 8. The summed E-state index contributed by atoms with van der Waals surface area (Å²) in [6.45, 7) is 5.23. The van der Waals surface area contributed by atoms with Gasteiger partial charge < -0.3 is 34.9 Å². The van der Waals surface area contributed by atoms with Crippen LogP contribution >= 0.6 is 24.8 Å². The van der Waals surface area contributed by atoms with Crippen molar-refractivity contribution in [1.82, 2.24) is 20.0 Å². The van der Waals surface area contributed by atoms with Gasteiger partial charge in [-0.25, -0.2) is 0 Å². The average molecular weight is 968 g/mol. The number of carbonyl (C=O) groups is 3. The highest BCUT2D eigenvalue weighted by Gasteiger charge is 2.62. The van der Waals surface area contributed by atoms with E-state index in [0.29, 0.717) is 38.5 Å². The Morgan fingerprint density at radius 3 is 1.62 bits per heavy atom. The van der Waals surface area contributed by atoms with Crippen LogP contribution in [0.2, 0.25) is 0 Å². The maximum atomic E-state index is 13.1. The molecule has 0 radical (unpaired) electrons. The van der Waals surface area contributed by atoms with Gasteiger partial charge >= 0.3 is 12.4 Å². The Kier molecular flexibility index (Phi) is 17.9. The number of piperidine rings is 2. The molecule has 3 aromatic rings. The largest absolute Gasteiger partial charge is 0.481 e. The van der Waals surface area contributed by atoms with E-state index in [1.807, 2.05) is 74.5 Å². The number of likely N-dealkylation sites (tertiary alicyclic amines) is 2. The fourth-order valence-corrected chi connectivity index (χ4v) is 9.06. The van der Waals surface area contributed by atoms with Crippen molar-refractivity contribution in [3.8, 4) is 11.5 Å². The number of hydrogen-bond acceptors (Lipinski definition) is 11. The molecule has 4 fully saturated rings. The van der Waals surface area contributed by atoms with Gasteiger partial charge in [-0.1, -0.05) is 50.2 Å². The second-order valence-corrected chi connectivity index (χ2v) is 17.5. The van der Waals surface area contributed by atoms with Crippen LogP contribution in [0.3, 0.4) is 0 Å². The molecule has 2 saturated heterocycles. The van der Waals surface area contributed by atoms with Gasteiger partial charge in [0.25, 0.3) is 11.8 Å². The fraction of sp³-hybridized carbons (Fsp3) is 0.591. The van der Waals surface area contributed by atoms with Gasteiger partial charge in [-0.2, -0.15) is 26.3 Å². The lowest BCUT2D eigenvalue weighted by Gasteiger charge is -2.42. The maximum absolute atomic E-state index is 13.1. The van der Waals surface area contributed by atoms with Crippen LogP contribution in [0.25, 0.3) is 11.5 Å². The van der Waals surface area contributed by atoms with Crippen molar-refractivity contribution in [2.24, 2.45) is 34.8 Å². The number of Topliss-reactive ketones (excluding diaryl/α,β-unsaturated/α-hetero) is 1. The number of alkyl halides is 6. The number of rotatable bonds is 9. The molecule has 2 aliphatic heterocycles. The molecule has 1 aromatic heterocycles. The lowest BCUT2D eigenvalue weighted by atomic mass is 9.73. The van der Waals surface area contributed by atoms with Crippen molar-refractivity contribution in [3.05, 3.63) is 72.1 Å². The van der Waals surface area contributed by atoms with Crippen molar-refractivity contribution in [1.29, 1.82) is 5.41 Å². The van der Waals surface area contributed by atoms with Gasteiger partial charge in [-0.3, -0.25) is 19.8 Å². The number of ether oxygens (including phenoxy) is 1. The number of benzene rings is 2. The molecule has 362 valence electrons. The third-order valence-electron chi connectivity index (χ3n) is 13.2. The number of nitrogens with zero attached hydrogens (tertiary/aromatic N) is 4. The van der Waals surface area contributed by atoms with Crippen molar-refractivity contribution in [2.45, 2.75) is 95.2 Å². The maximum Gasteiger partial charge on any atom is 0.426 e. The zero-order valence-corrected chi connectivity index (χ0v) is 38.4. The lowest BCUT2D eigenvalue weighted by Crippen LogP contribution is -2.59. The van der Waals surface area contributed by atoms with Crippen LogP contribution in [0.15, 0.2) is 65.1 Å². The van der Waals surface area contributed by atoms with Crippen LogP contribution in [0, 0.1) is 34.5 Å². The Morgan fingerprint density at radius 1 is 0.785 bits per heavy atom. The van der Waals surface area contributed by atoms with Gasteiger partial charge in [-0.15, -0.1) is 35.0 Å². The summed E-state index contributed by atoms with van der Waals surface area (Å²) in [6, 6.07) is 18.8. The second kappa shape index (κ2) is 21.1. The van der Waals surface area contributed by atoms with Gasteiger partial charge in [0, 0.05) is 42.7 Å². The van der Waals surface area contributed by atoms with Crippen molar-refractivity contribution < 1.29 is 60.1 Å². The van der Waals surface area contributed by atoms with E-state index in [1.165, 1.54) is 7.11 Å². The minimum Gasteiger partial charge on any atom is -0.481 e. The first kappa shape index (κ1) is 55.0. The molecule has 4 aliphatic rings. The van der Waals surface area contributed by atoms with Crippen LogP contribution in [0.4, 0.5) is 26.3 Å². The lowest BCUT2D eigenvalue weighted by molar-refractivity contribution is -0.251. The molecule has 2 aliphatic carbocycles. The molecule has 0 spiro atoms. The number of aliphatic hydroxyl groups is 2. The topological polar surface area (TPSA) is 196 Å². The minimum absolute atomic E-state index is 0. The molecule has 0 bridgehead atoms. The first-order chi connectivity index (χ1) is 29.4. The standard InChI is InChI=1S/C21H24F3N3O3.C15H23F3N2O3.C8H9NO.2ClH/c1-13-12-27(18(28)19(2,29)21(22,23)24)11-8-15(13)20(9-10-20)17-26-25-16(30-17)14-6-4-3-5-7-14;1-9-8-20(12(22)13(2,23)15(16,17)18)6-3-10(9)14(4-5-14)11(21)7-19;1-10-8(9)7-5-3-2-4-6-7;;/h3-7,13,15,29H,8-12H2,1-2H3;9-10,23H,3-8,19H2,1-2H3;2-6,9H,1H3;2*1H/t13?,15?,19-;9?,10?,13-;;;/m11.../s1. The summed E-state index contributed by atoms with van der Waals surface area (Å²) in [4.78, 5) is 38.6. The number of carbonyl (C=O) groups excluding carboxylic acids is 3. The fourth-order valence-electron chi connectivity index (χ4n) is 9.06. The highest BCUT2D eigenvalue weighted by Crippen LogP contribution is 2.59. The molecule has 6 atom stereocenters. The van der Waals surface area contributed by atoms with Crippen LogP contribution in [0.5, 0.6) is 0 Å². The van der Waals surface area contributed by atoms with Gasteiger partial charge in [0.05, 0.1) is 19.1 Å². The van der Waals surface area contributed by atoms with Crippen molar-refractivity contribution in [3.63, 3.8) is 0 Å². The molecular formula is C44H58Cl2F6N6O7. The summed E-state index contributed by atoms with van der Waals surface area (Å²) in [6.07, 6.45) is -5.81. The van der Waals surface area contributed by atoms with Crippen LogP contribution in [-0.2, 0) is 24.5 Å². The molecule has 7 rings (SSSR count). The molecule has 3 heterocycles. The highest BCUT2D eigenvalue weighted by atomic mass is 35.5. The number of hydrogen-bond donors (Lipinski definition) is 4. The summed E-state index contributed by atoms with van der Waals surface area (Å²) in [7, 11) is 1.50. The van der Waals surface area contributed by atoms with E-state index < -0.39 is 40.8 Å². The first-order valence-electron chi connectivity index (χ1n) is 20.9. The quantitative estimate of drug-likeness (QED) is 0.0971. The van der Waals surface area contributed by atoms with E-state index in [-0.39, 0.29) is 98.3 Å². The monoisotopic (exact) mass is 966 g/mol. The number of ketones is 1. The molecule has 5 N–H and O–H groups in total. The summed E-state index contributed by atoms with van der Waals surface area (Å²) >= 11 is 0.